The number of nitrogens with one attached hydrogen (secondary N) is 1. The molecule has 0 amide bonds. The molecule has 3 rings (SSSR count). The van der Waals surface area contributed by atoms with Crippen molar-refractivity contribution in [2.45, 2.75) is 0 Å². The summed E-state index contributed by atoms with van der Waals surface area (Å²) in [5, 5.41) is 5.26. The van der Waals surface area contributed by atoms with Crippen molar-refractivity contribution in [2.75, 3.05) is 12.8 Å². The number of fused-ring (bicyclic) bond motifs is 1. The van der Waals surface area contributed by atoms with Crippen molar-refractivity contribution in [3.05, 3.63) is 30.6 Å². The molecule has 0 bridgehead atoms. The summed E-state index contributed by atoms with van der Waals surface area (Å²) in [6.07, 6.45) is 3.67. The Morgan fingerprint density at radius 3 is 2.83 bits per heavy atom. The van der Waals surface area contributed by atoms with Crippen LogP contribution in [0.2, 0.25) is 0 Å². The summed E-state index contributed by atoms with van der Waals surface area (Å²) in [6.45, 7) is 0. The number of ether oxygens (including phenoxy) is 1. The third kappa shape index (κ3) is 1.37. The lowest BCUT2D eigenvalue weighted by atomic mass is 10.0. The van der Waals surface area contributed by atoms with Crippen molar-refractivity contribution >= 4 is 16.7 Å². The van der Waals surface area contributed by atoms with E-state index in [1.807, 2.05) is 31.4 Å². The Morgan fingerprint density at radius 1 is 1.33 bits per heavy atom. The number of H-pyrrole nitrogens is 1. The van der Waals surface area contributed by atoms with Crippen molar-refractivity contribution in [3.63, 3.8) is 0 Å². The van der Waals surface area contributed by atoms with Crippen molar-refractivity contribution in [3.8, 4) is 16.9 Å². The molecule has 0 aliphatic carbocycles. The fourth-order valence-corrected chi connectivity index (χ4v) is 2.20. The van der Waals surface area contributed by atoms with Crippen LogP contribution in [0.5, 0.6) is 5.75 Å². The van der Waals surface area contributed by atoms with Gasteiger partial charge in [-0.1, -0.05) is 0 Å². The van der Waals surface area contributed by atoms with Crippen LogP contribution < -0.4 is 10.5 Å². The second-order valence-corrected chi connectivity index (χ2v) is 4.15. The quantitative estimate of drug-likeness (QED) is 0.723. The molecule has 0 aliphatic rings. The topological polar surface area (TPSA) is 68.9 Å². The van der Waals surface area contributed by atoms with Crippen LogP contribution in [0, 0.1) is 0 Å². The van der Waals surface area contributed by atoms with E-state index in [4.69, 9.17) is 10.5 Å². The normalized spacial score (nSPS) is 11.0. The van der Waals surface area contributed by atoms with Crippen LogP contribution >= 0.6 is 0 Å². The summed E-state index contributed by atoms with van der Waals surface area (Å²) < 4.78 is 7.09. The fourth-order valence-electron chi connectivity index (χ4n) is 2.20. The molecule has 0 unspecified atom stereocenters. The molecule has 3 aromatic rings. The highest BCUT2D eigenvalue weighted by atomic mass is 16.5. The number of aromatic amines is 1. The second-order valence-electron chi connectivity index (χ2n) is 4.15. The molecule has 2 heterocycles. The van der Waals surface area contributed by atoms with E-state index in [2.05, 4.69) is 10.1 Å². The number of hydrogen-bond acceptors (Lipinski definition) is 3. The van der Waals surface area contributed by atoms with Crippen molar-refractivity contribution in [1.82, 2.24) is 14.8 Å². The zero-order valence-electron chi connectivity index (χ0n) is 10.3. The van der Waals surface area contributed by atoms with Crippen LogP contribution in [0.15, 0.2) is 30.6 Å². The van der Waals surface area contributed by atoms with E-state index in [9.17, 15) is 0 Å². The monoisotopic (exact) mass is 242 g/mol. The van der Waals surface area contributed by atoms with E-state index < -0.39 is 0 Å². The number of hydrogen-bond donors (Lipinski definition) is 2. The molecular formula is C13H14N4O. The van der Waals surface area contributed by atoms with E-state index in [1.165, 1.54) is 0 Å². The number of benzene rings is 1. The van der Waals surface area contributed by atoms with Gasteiger partial charge in [0.2, 0.25) is 0 Å². The summed E-state index contributed by atoms with van der Waals surface area (Å²) in [4.78, 5) is 3.18. The molecule has 0 saturated heterocycles. The lowest BCUT2D eigenvalue weighted by Gasteiger charge is -2.09. The molecule has 1 aromatic carbocycles. The van der Waals surface area contributed by atoms with E-state index in [0.717, 1.165) is 27.8 Å². The number of anilines is 1. The predicted octanol–water partition coefficient (Wildman–Crippen LogP) is 2.16. The van der Waals surface area contributed by atoms with Gasteiger partial charge in [0.05, 0.1) is 13.3 Å². The zero-order chi connectivity index (χ0) is 12.7. The molecule has 2 aromatic heterocycles. The van der Waals surface area contributed by atoms with Gasteiger partial charge in [-0.15, -0.1) is 0 Å². The Morgan fingerprint density at radius 2 is 2.17 bits per heavy atom. The van der Waals surface area contributed by atoms with Gasteiger partial charge in [0.1, 0.15) is 11.6 Å². The van der Waals surface area contributed by atoms with Gasteiger partial charge in [0, 0.05) is 35.3 Å². The number of aryl methyl sites for hydroxylation is 1. The molecule has 0 fully saturated rings. The first-order chi connectivity index (χ1) is 8.72. The number of nitrogen functional groups attached to an aromatic ring is 1. The van der Waals surface area contributed by atoms with Gasteiger partial charge in [-0.25, -0.2) is 0 Å². The van der Waals surface area contributed by atoms with Gasteiger partial charge >= 0.3 is 0 Å². The van der Waals surface area contributed by atoms with Crippen LogP contribution in [0.3, 0.4) is 0 Å². The first-order valence-electron chi connectivity index (χ1n) is 5.64. The summed E-state index contributed by atoms with van der Waals surface area (Å²) >= 11 is 0. The SMILES string of the molecule is COc1ccc2[nH]ccc2c1-c1cnn(C)c1N. The molecule has 0 aliphatic heterocycles. The van der Waals surface area contributed by atoms with Crippen molar-refractivity contribution in [2.24, 2.45) is 7.05 Å². The molecule has 0 radical (unpaired) electrons. The highest BCUT2D eigenvalue weighted by molar-refractivity contribution is 6.00. The van der Waals surface area contributed by atoms with Crippen molar-refractivity contribution in [1.29, 1.82) is 0 Å². The molecule has 92 valence electrons. The second kappa shape index (κ2) is 3.80. The Kier molecular flexibility index (Phi) is 2.26. The summed E-state index contributed by atoms with van der Waals surface area (Å²) in [5.41, 5.74) is 8.97. The number of nitrogens with two attached hydrogens (primary N) is 1. The molecule has 5 heteroatoms. The smallest absolute Gasteiger partial charge is 0.129 e. The van der Waals surface area contributed by atoms with E-state index in [-0.39, 0.29) is 0 Å². The van der Waals surface area contributed by atoms with E-state index in [1.54, 1.807) is 18.0 Å². The standard InChI is InChI=1S/C13H14N4O/c1-17-13(14)9(7-16-17)12-8-5-6-15-10(8)3-4-11(12)18-2/h3-7,15H,14H2,1-2H3. The van der Waals surface area contributed by atoms with E-state index in [0.29, 0.717) is 5.82 Å². The molecule has 18 heavy (non-hydrogen) atoms. The van der Waals surface area contributed by atoms with Crippen LogP contribution in [0.25, 0.3) is 22.0 Å². The maximum absolute atomic E-state index is 6.05. The third-order valence-electron chi connectivity index (χ3n) is 3.17. The fraction of sp³-hybridized carbons (Fsp3) is 0.154. The molecule has 3 N–H and O–H groups in total. The average Bonchev–Trinajstić information content (AvgIpc) is 2.97. The highest BCUT2D eigenvalue weighted by Gasteiger charge is 2.16. The molecule has 5 nitrogen and oxygen atoms in total. The van der Waals surface area contributed by atoms with Gasteiger partial charge in [-0.05, 0) is 18.2 Å². The number of nitrogens with zero attached hydrogens (tertiary/aromatic N) is 2. The van der Waals surface area contributed by atoms with Crippen molar-refractivity contribution < 1.29 is 4.74 Å². The molecule has 0 atom stereocenters. The van der Waals surface area contributed by atoms with Gasteiger partial charge in [-0.3, -0.25) is 4.68 Å². The molecule has 0 saturated carbocycles. The van der Waals surface area contributed by atoms with Crippen LogP contribution in [-0.2, 0) is 7.05 Å². The maximum atomic E-state index is 6.05. The van der Waals surface area contributed by atoms with Crippen LogP contribution in [0.1, 0.15) is 0 Å². The number of rotatable bonds is 2. The van der Waals surface area contributed by atoms with Gasteiger partial charge in [-0.2, -0.15) is 5.10 Å². The lowest BCUT2D eigenvalue weighted by molar-refractivity contribution is 0.417. The Bertz CT molecular complexity index is 711. The minimum absolute atomic E-state index is 0.627. The lowest BCUT2D eigenvalue weighted by Crippen LogP contribution is -1.98. The number of methoxy groups -OCH3 is 1. The Labute approximate surface area is 104 Å². The van der Waals surface area contributed by atoms with Crippen LogP contribution in [-0.4, -0.2) is 21.9 Å². The molecular weight excluding hydrogens is 228 g/mol. The maximum Gasteiger partial charge on any atom is 0.129 e. The minimum Gasteiger partial charge on any atom is -0.496 e. The predicted molar refractivity (Wildman–Crippen MR) is 71.5 cm³/mol. The minimum atomic E-state index is 0.627. The zero-order valence-corrected chi connectivity index (χ0v) is 10.3. The first-order valence-corrected chi connectivity index (χ1v) is 5.64. The van der Waals surface area contributed by atoms with Gasteiger partial charge in [0.25, 0.3) is 0 Å². The summed E-state index contributed by atoms with van der Waals surface area (Å²) in [7, 11) is 3.48. The van der Waals surface area contributed by atoms with E-state index >= 15 is 0 Å². The molecule has 0 spiro atoms. The van der Waals surface area contributed by atoms with Gasteiger partial charge < -0.3 is 15.5 Å². The van der Waals surface area contributed by atoms with Crippen LogP contribution in [0.4, 0.5) is 5.82 Å². The van der Waals surface area contributed by atoms with Gasteiger partial charge in [0.15, 0.2) is 0 Å². The summed E-state index contributed by atoms with van der Waals surface area (Å²) in [5.74, 6) is 1.42. The third-order valence-corrected chi connectivity index (χ3v) is 3.17. The average molecular weight is 242 g/mol. The summed E-state index contributed by atoms with van der Waals surface area (Å²) in [6, 6.07) is 5.93. The number of aromatic nitrogens is 3. The largest absolute Gasteiger partial charge is 0.496 e. The highest BCUT2D eigenvalue weighted by Crippen LogP contribution is 2.39. The first kappa shape index (κ1) is 10.7. The Hall–Kier alpha value is -2.43. The Balaban J connectivity index is 2.38.